The first-order chi connectivity index (χ1) is 15.9. The van der Waals surface area contributed by atoms with Crippen molar-refractivity contribution in [1.29, 1.82) is 0 Å². The van der Waals surface area contributed by atoms with Gasteiger partial charge in [-0.15, -0.1) is 0 Å². The van der Waals surface area contributed by atoms with Crippen LogP contribution in [-0.4, -0.2) is 51.2 Å². The third kappa shape index (κ3) is 5.17. The van der Waals surface area contributed by atoms with Gasteiger partial charge >= 0.3 is 0 Å². The van der Waals surface area contributed by atoms with Crippen LogP contribution in [0.15, 0.2) is 47.3 Å². The lowest BCUT2D eigenvalue weighted by Crippen LogP contribution is -2.29. The number of aromatic nitrogens is 2. The number of benzene rings is 2. The molecular formula is C23H25N3O7. The van der Waals surface area contributed by atoms with Crippen LogP contribution >= 0.6 is 0 Å². The summed E-state index contributed by atoms with van der Waals surface area (Å²) >= 11 is 0. The second kappa shape index (κ2) is 10.4. The van der Waals surface area contributed by atoms with E-state index in [4.69, 9.17) is 23.7 Å². The molecular weight excluding hydrogens is 430 g/mol. The molecule has 0 bridgehead atoms. The molecule has 3 rings (SSSR count). The van der Waals surface area contributed by atoms with Gasteiger partial charge in [0.05, 0.1) is 46.9 Å². The minimum absolute atomic E-state index is 0.308. The van der Waals surface area contributed by atoms with Crippen molar-refractivity contribution in [2.75, 3.05) is 40.9 Å². The summed E-state index contributed by atoms with van der Waals surface area (Å²) in [7, 11) is 7.53. The average molecular weight is 455 g/mol. The Morgan fingerprint density at radius 3 is 2.09 bits per heavy atom. The highest BCUT2D eigenvalue weighted by Crippen LogP contribution is 2.40. The molecule has 0 aliphatic heterocycles. The standard InChI is InChI=1S/C23H25N3O7/c1-29-15-6-8-18(30-2)17(12-15)24-21(27)13-26-22(28)9-7-16(25-26)14-10-19(31-3)23(33-5)20(11-14)32-4/h6-12H,13H2,1-5H3,(H,24,27). The van der Waals surface area contributed by atoms with Crippen LogP contribution in [0.25, 0.3) is 11.3 Å². The van der Waals surface area contributed by atoms with E-state index in [1.165, 1.54) is 41.6 Å². The molecule has 1 aromatic heterocycles. The van der Waals surface area contributed by atoms with E-state index in [0.717, 1.165) is 4.68 Å². The van der Waals surface area contributed by atoms with Crippen molar-refractivity contribution >= 4 is 11.6 Å². The van der Waals surface area contributed by atoms with Crippen LogP contribution in [0.5, 0.6) is 28.7 Å². The van der Waals surface area contributed by atoms with E-state index in [9.17, 15) is 9.59 Å². The van der Waals surface area contributed by atoms with Crippen molar-refractivity contribution in [3.05, 3.63) is 52.8 Å². The number of nitrogens with zero attached hydrogens (tertiary/aromatic N) is 2. The predicted molar refractivity (Wildman–Crippen MR) is 122 cm³/mol. The Morgan fingerprint density at radius 1 is 0.848 bits per heavy atom. The van der Waals surface area contributed by atoms with Gasteiger partial charge in [-0.05, 0) is 30.3 Å². The van der Waals surface area contributed by atoms with Gasteiger partial charge in [0.1, 0.15) is 18.0 Å². The number of carbonyl (C=O) groups is 1. The maximum Gasteiger partial charge on any atom is 0.267 e. The Kier molecular flexibility index (Phi) is 7.39. The zero-order chi connectivity index (χ0) is 24.0. The molecule has 3 aromatic rings. The molecule has 0 atom stereocenters. The SMILES string of the molecule is COc1ccc(OC)c(NC(=O)Cn2nc(-c3cc(OC)c(OC)c(OC)c3)ccc2=O)c1. The van der Waals surface area contributed by atoms with Gasteiger partial charge in [0, 0.05) is 17.7 Å². The normalized spacial score (nSPS) is 10.3. The van der Waals surface area contributed by atoms with Gasteiger partial charge in [0.2, 0.25) is 11.7 Å². The Hall–Kier alpha value is -4.21. The molecule has 1 amide bonds. The number of anilines is 1. The molecule has 0 aliphatic carbocycles. The van der Waals surface area contributed by atoms with Gasteiger partial charge in [-0.2, -0.15) is 5.10 Å². The molecule has 33 heavy (non-hydrogen) atoms. The topological polar surface area (TPSA) is 110 Å². The fourth-order valence-electron chi connectivity index (χ4n) is 3.18. The molecule has 10 nitrogen and oxygen atoms in total. The largest absolute Gasteiger partial charge is 0.497 e. The fraction of sp³-hybridized carbons (Fsp3) is 0.261. The van der Waals surface area contributed by atoms with Crippen molar-refractivity contribution in [2.24, 2.45) is 0 Å². The lowest BCUT2D eigenvalue weighted by Gasteiger charge is -2.14. The number of rotatable bonds is 9. The highest BCUT2D eigenvalue weighted by molar-refractivity contribution is 5.92. The van der Waals surface area contributed by atoms with Crippen LogP contribution in [0.4, 0.5) is 5.69 Å². The number of hydrogen-bond donors (Lipinski definition) is 1. The van der Waals surface area contributed by atoms with Crippen molar-refractivity contribution in [1.82, 2.24) is 9.78 Å². The Morgan fingerprint density at radius 2 is 1.52 bits per heavy atom. The average Bonchev–Trinajstić information content (AvgIpc) is 2.84. The highest BCUT2D eigenvalue weighted by Gasteiger charge is 2.16. The van der Waals surface area contributed by atoms with Gasteiger partial charge in [-0.25, -0.2) is 4.68 Å². The molecule has 2 aromatic carbocycles. The van der Waals surface area contributed by atoms with E-state index in [2.05, 4.69) is 10.4 Å². The first kappa shape index (κ1) is 23.5. The number of carbonyl (C=O) groups excluding carboxylic acids is 1. The zero-order valence-electron chi connectivity index (χ0n) is 19.0. The van der Waals surface area contributed by atoms with Crippen molar-refractivity contribution in [3.63, 3.8) is 0 Å². The summed E-state index contributed by atoms with van der Waals surface area (Å²) in [6.45, 7) is -0.308. The molecule has 10 heteroatoms. The Bertz CT molecular complexity index is 1180. The van der Waals surface area contributed by atoms with Gasteiger partial charge in [0.25, 0.3) is 5.56 Å². The van der Waals surface area contributed by atoms with Crippen LogP contribution in [0, 0.1) is 0 Å². The van der Waals surface area contributed by atoms with E-state index in [-0.39, 0.29) is 6.54 Å². The van der Waals surface area contributed by atoms with E-state index in [0.29, 0.717) is 45.7 Å². The summed E-state index contributed by atoms with van der Waals surface area (Å²) in [6, 6.07) is 11.3. The van der Waals surface area contributed by atoms with E-state index in [1.807, 2.05) is 0 Å². The molecule has 0 spiro atoms. The monoisotopic (exact) mass is 455 g/mol. The van der Waals surface area contributed by atoms with Gasteiger partial charge in [0.15, 0.2) is 11.5 Å². The second-order valence-corrected chi connectivity index (χ2v) is 6.74. The first-order valence-electron chi connectivity index (χ1n) is 9.84. The summed E-state index contributed by atoms with van der Waals surface area (Å²) in [6.07, 6.45) is 0. The van der Waals surface area contributed by atoms with Crippen molar-refractivity contribution in [3.8, 4) is 40.0 Å². The van der Waals surface area contributed by atoms with Crippen LogP contribution in [0.1, 0.15) is 0 Å². The van der Waals surface area contributed by atoms with Crippen LogP contribution < -0.4 is 34.6 Å². The summed E-state index contributed by atoms with van der Waals surface area (Å²) < 4.78 is 27.6. The lowest BCUT2D eigenvalue weighted by atomic mass is 10.1. The van der Waals surface area contributed by atoms with E-state index < -0.39 is 11.5 Å². The van der Waals surface area contributed by atoms with E-state index in [1.54, 1.807) is 36.4 Å². The minimum Gasteiger partial charge on any atom is -0.497 e. The molecule has 0 fully saturated rings. The van der Waals surface area contributed by atoms with Gasteiger partial charge in [-0.3, -0.25) is 9.59 Å². The quantitative estimate of drug-likeness (QED) is 0.524. The molecule has 0 saturated heterocycles. The third-order valence-corrected chi connectivity index (χ3v) is 4.80. The van der Waals surface area contributed by atoms with Crippen molar-refractivity contribution in [2.45, 2.75) is 6.54 Å². The maximum absolute atomic E-state index is 12.7. The van der Waals surface area contributed by atoms with Crippen LogP contribution in [0.2, 0.25) is 0 Å². The zero-order valence-corrected chi connectivity index (χ0v) is 19.0. The summed E-state index contributed by atoms with van der Waals surface area (Å²) in [5, 5.41) is 7.06. The smallest absolute Gasteiger partial charge is 0.267 e. The highest BCUT2D eigenvalue weighted by atomic mass is 16.5. The second-order valence-electron chi connectivity index (χ2n) is 6.74. The number of ether oxygens (including phenoxy) is 5. The minimum atomic E-state index is -0.460. The number of methoxy groups -OCH3 is 5. The predicted octanol–water partition coefficient (Wildman–Crippen LogP) is 2.59. The molecule has 0 radical (unpaired) electrons. The van der Waals surface area contributed by atoms with Gasteiger partial charge in [-0.1, -0.05) is 0 Å². The molecule has 174 valence electrons. The Labute approximate surface area is 190 Å². The molecule has 0 saturated carbocycles. The van der Waals surface area contributed by atoms with Crippen LogP contribution in [-0.2, 0) is 11.3 Å². The Balaban J connectivity index is 1.90. The number of hydrogen-bond acceptors (Lipinski definition) is 8. The molecule has 1 heterocycles. The molecule has 0 unspecified atom stereocenters. The first-order valence-corrected chi connectivity index (χ1v) is 9.84. The van der Waals surface area contributed by atoms with Crippen LogP contribution in [0.3, 0.4) is 0 Å². The molecule has 1 N–H and O–H groups in total. The summed E-state index contributed by atoms with van der Waals surface area (Å²) in [4.78, 5) is 25.0. The number of amides is 1. The van der Waals surface area contributed by atoms with Crippen molar-refractivity contribution < 1.29 is 28.5 Å². The van der Waals surface area contributed by atoms with Gasteiger partial charge < -0.3 is 29.0 Å². The van der Waals surface area contributed by atoms with E-state index >= 15 is 0 Å². The third-order valence-electron chi connectivity index (χ3n) is 4.80. The number of nitrogens with one attached hydrogen (secondary N) is 1. The summed E-state index contributed by atoms with van der Waals surface area (Å²) in [5.74, 6) is 1.85. The summed E-state index contributed by atoms with van der Waals surface area (Å²) in [5.41, 5.74) is 1.04. The lowest BCUT2D eigenvalue weighted by molar-refractivity contribution is -0.117. The fourth-order valence-corrected chi connectivity index (χ4v) is 3.18. The maximum atomic E-state index is 12.7. The molecule has 0 aliphatic rings.